The van der Waals surface area contributed by atoms with Crippen LogP contribution < -0.4 is 19.5 Å². The van der Waals surface area contributed by atoms with Gasteiger partial charge < -0.3 is 19.5 Å². The number of rotatable bonds is 7. The number of benzene rings is 2. The van der Waals surface area contributed by atoms with Crippen LogP contribution in [0.25, 0.3) is 0 Å². The number of nitrogens with one attached hydrogen (secondary N) is 1. The molecule has 0 heterocycles. The maximum absolute atomic E-state index is 12.0. The van der Waals surface area contributed by atoms with Crippen molar-refractivity contribution < 1.29 is 23.9 Å². The summed E-state index contributed by atoms with van der Waals surface area (Å²) in [6.45, 7) is 1.37. The van der Waals surface area contributed by atoms with Crippen molar-refractivity contribution in [3.63, 3.8) is 0 Å². The van der Waals surface area contributed by atoms with Crippen LogP contribution >= 0.6 is 0 Å². The standard InChI is InChI=1S/C17H18N2O6/c1-11-4-6-14(13(8-11)19(21)22)25-10-17(20)18-12-5-7-15(23-2)16(9-12)24-3/h4-9H,10H2,1-3H3,(H,18,20). The summed E-state index contributed by atoms with van der Waals surface area (Å²) in [5.74, 6) is 0.586. The first-order chi connectivity index (χ1) is 11.9. The molecule has 2 aromatic carbocycles. The van der Waals surface area contributed by atoms with Crippen LogP contribution in [0.2, 0.25) is 0 Å². The predicted molar refractivity (Wildman–Crippen MR) is 91.5 cm³/mol. The van der Waals surface area contributed by atoms with Gasteiger partial charge in [0.15, 0.2) is 23.9 Å². The third kappa shape index (κ3) is 4.60. The van der Waals surface area contributed by atoms with Crippen LogP contribution in [0.5, 0.6) is 17.2 Å². The molecule has 8 nitrogen and oxygen atoms in total. The fourth-order valence-corrected chi connectivity index (χ4v) is 2.15. The first-order valence-corrected chi connectivity index (χ1v) is 7.34. The van der Waals surface area contributed by atoms with Gasteiger partial charge in [-0.25, -0.2) is 0 Å². The van der Waals surface area contributed by atoms with E-state index in [0.29, 0.717) is 17.2 Å². The third-order valence-electron chi connectivity index (χ3n) is 3.34. The predicted octanol–water partition coefficient (Wildman–Crippen LogP) is 2.94. The zero-order chi connectivity index (χ0) is 18.4. The molecule has 0 aliphatic rings. The second kappa shape index (κ2) is 8.00. The number of aryl methyl sites for hydroxylation is 1. The molecule has 0 saturated carbocycles. The summed E-state index contributed by atoms with van der Waals surface area (Å²) in [6, 6.07) is 9.44. The van der Waals surface area contributed by atoms with Crippen LogP contribution in [-0.2, 0) is 4.79 Å². The maximum atomic E-state index is 12.0. The molecule has 25 heavy (non-hydrogen) atoms. The van der Waals surface area contributed by atoms with Gasteiger partial charge in [-0.3, -0.25) is 14.9 Å². The van der Waals surface area contributed by atoms with Crippen LogP contribution in [0.3, 0.4) is 0 Å². The van der Waals surface area contributed by atoms with E-state index in [1.54, 1.807) is 31.2 Å². The van der Waals surface area contributed by atoms with E-state index >= 15 is 0 Å². The van der Waals surface area contributed by atoms with Crippen molar-refractivity contribution >= 4 is 17.3 Å². The van der Waals surface area contributed by atoms with E-state index < -0.39 is 10.8 Å². The molecule has 0 aliphatic heterocycles. The fraction of sp³-hybridized carbons (Fsp3) is 0.235. The second-order valence-corrected chi connectivity index (χ2v) is 5.13. The monoisotopic (exact) mass is 346 g/mol. The summed E-state index contributed by atoms with van der Waals surface area (Å²) < 4.78 is 15.6. The second-order valence-electron chi connectivity index (χ2n) is 5.13. The summed E-state index contributed by atoms with van der Waals surface area (Å²) in [5, 5.41) is 13.7. The highest BCUT2D eigenvalue weighted by molar-refractivity contribution is 5.92. The minimum absolute atomic E-state index is 0.0399. The molecule has 2 rings (SSSR count). The van der Waals surface area contributed by atoms with Crippen molar-refractivity contribution in [2.24, 2.45) is 0 Å². The number of nitrogens with zero attached hydrogens (tertiary/aromatic N) is 1. The maximum Gasteiger partial charge on any atom is 0.311 e. The molecule has 0 bridgehead atoms. The number of anilines is 1. The van der Waals surface area contributed by atoms with Gasteiger partial charge in [0.05, 0.1) is 19.1 Å². The number of hydrogen-bond donors (Lipinski definition) is 1. The van der Waals surface area contributed by atoms with Crippen molar-refractivity contribution in [2.45, 2.75) is 6.92 Å². The normalized spacial score (nSPS) is 10.0. The Labute approximate surface area is 144 Å². The van der Waals surface area contributed by atoms with E-state index in [0.717, 1.165) is 5.56 Å². The van der Waals surface area contributed by atoms with E-state index in [-0.39, 0.29) is 18.0 Å². The molecule has 1 N–H and O–H groups in total. The zero-order valence-corrected chi connectivity index (χ0v) is 14.1. The number of amides is 1. The Kier molecular flexibility index (Phi) is 5.78. The molecule has 0 fully saturated rings. The summed E-state index contributed by atoms with van der Waals surface area (Å²) in [5.41, 5.74) is 1.04. The third-order valence-corrected chi connectivity index (χ3v) is 3.34. The summed E-state index contributed by atoms with van der Waals surface area (Å²) in [4.78, 5) is 22.5. The molecule has 0 unspecified atom stereocenters. The molecular weight excluding hydrogens is 328 g/mol. The molecule has 2 aromatic rings. The minimum atomic E-state index is -0.547. The van der Waals surface area contributed by atoms with Crippen molar-refractivity contribution in [2.75, 3.05) is 26.1 Å². The van der Waals surface area contributed by atoms with Crippen LogP contribution in [-0.4, -0.2) is 31.7 Å². The lowest BCUT2D eigenvalue weighted by Gasteiger charge is -2.11. The lowest BCUT2D eigenvalue weighted by atomic mass is 10.2. The lowest BCUT2D eigenvalue weighted by molar-refractivity contribution is -0.385. The average molecular weight is 346 g/mol. The number of nitro groups is 1. The van der Waals surface area contributed by atoms with E-state index in [4.69, 9.17) is 14.2 Å². The molecule has 132 valence electrons. The largest absolute Gasteiger partial charge is 0.493 e. The number of carbonyl (C=O) groups excluding carboxylic acids is 1. The Morgan fingerprint density at radius 1 is 1.08 bits per heavy atom. The highest BCUT2D eigenvalue weighted by Crippen LogP contribution is 2.30. The number of carbonyl (C=O) groups is 1. The fourth-order valence-electron chi connectivity index (χ4n) is 2.15. The van der Waals surface area contributed by atoms with Gasteiger partial charge in [0.1, 0.15) is 0 Å². The van der Waals surface area contributed by atoms with Crippen molar-refractivity contribution in [1.29, 1.82) is 0 Å². The van der Waals surface area contributed by atoms with E-state index in [1.807, 2.05) is 0 Å². The molecule has 8 heteroatoms. The van der Waals surface area contributed by atoms with Crippen molar-refractivity contribution in [3.05, 3.63) is 52.1 Å². The number of methoxy groups -OCH3 is 2. The van der Waals surface area contributed by atoms with Gasteiger partial charge in [-0.2, -0.15) is 0 Å². The highest BCUT2D eigenvalue weighted by Gasteiger charge is 2.16. The molecule has 0 atom stereocenters. The van der Waals surface area contributed by atoms with Gasteiger partial charge in [0.25, 0.3) is 5.91 Å². The molecule has 0 radical (unpaired) electrons. The highest BCUT2D eigenvalue weighted by atomic mass is 16.6. The minimum Gasteiger partial charge on any atom is -0.493 e. The van der Waals surface area contributed by atoms with Gasteiger partial charge in [-0.1, -0.05) is 6.07 Å². The Morgan fingerprint density at radius 2 is 1.76 bits per heavy atom. The van der Waals surface area contributed by atoms with Crippen molar-refractivity contribution in [3.8, 4) is 17.2 Å². The topological polar surface area (TPSA) is 99.9 Å². The zero-order valence-electron chi connectivity index (χ0n) is 14.1. The van der Waals surface area contributed by atoms with Crippen molar-refractivity contribution in [1.82, 2.24) is 0 Å². The van der Waals surface area contributed by atoms with Gasteiger partial charge in [-0.15, -0.1) is 0 Å². The summed E-state index contributed by atoms with van der Waals surface area (Å²) >= 11 is 0. The Hall–Kier alpha value is -3.29. The summed E-state index contributed by atoms with van der Waals surface area (Å²) in [6.07, 6.45) is 0. The Morgan fingerprint density at radius 3 is 2.40 bits per heavy atom. The molecule has 1 amide bonds. The van der Waals surface area contributed by atoms with Crippen LogP contribution in [0.15, 0.2) is 36.4 Å². The van der Waals surface area contributed by atoms with E-state index in [2.05, 4.69) is 5.32 Å². The first kappa shape index (κ1) is 18.1. The molecule has 0 aliphatic carbocycles. The molecular formula is C17H18N2O6. The van der Waals surface area contributed by atoms with Crippen LogP contribution in [0, 0.1) is 17.0 Å². The lowest BCUT2D eigenvalue weighted by Crippen LogP contribution is -2.20. The van der Waals surface area contributed by atoms with Gasteiger partial charge in [-0.05, 0) is 30.7 Å². The molecule has 0 spiro atoms. The number of nitro benzene ring substituents is 1. The smallest absolute Gasteiger partial charge is 0.311 e. The summed E-state index contributed by atoms with van der Waals surface area (Å²) in [7, 11) is 3.00. The van der Waals surface area contributed by atoms with Gasteiger partial charge in [0, 0.05) is 17.8 Å². The molecule has 0 aromatic heterocycles. The average Bonchev–Trinajstić information content (AvgIpc) is 2.60. The molecule has 0 saturated heterocycles. The van der Waals surface area contributed by atoms with E-state index in [9.17, 15) is 14.9 Å². The van der Waals surface area contributed by atoms with Crippen LogP contribution in [0.1, 0.15) is 5.56 Å². The Bertz CT molecular complexity index is 791. The quantitative estimate of drug-likeness (QED) is 0.611. The number of hydrogen-bond acceptors (Lipinski definition) is 6. The van der Waals surface area contributed by atoms with Gasteiger partial charge >= 0.3 is 5.69 Å². The van der Waals surface area contributed by atoms with E-state index in [1.165, 1.54) is 26.4 Å². The first-order valence-electron chi connectivity index (χ1n) is 7.34. The SMILES string of the molecule is COc1ccc(NC(=O)COc2ccc(C)cc2[N+](=O)[O-])cc1OC. The number of ether oxygens (including phenoxy) is 3. The van der Waals surface area contributed by atoms with Crippen LogP contribution in [0.4, 0.5) is 11.4 Å². The Balaban J connectivity index is 2.03. The van der Waals surface area contributed by atoms with Gasteiger partial charge in [0.2, 0.25) is 0 Å².